The molecule has 0 bridgehead atoms. The fourth-order valence-corrected chi connectivity index (χ4v) is 2.49. The molecule has 0 radical (unpaired) electrons. The highest BCUT2D eigenvalue weighted by atomic mass is 79.9. The molecule has 0 aromatic heterocycles. The van der Waals surface area contributed by atoms with Gasteiger partial charge in [0.15, 0.2) is 6.10 Å². The summed E-state index contributed by atoms with van der Waals surface area (Å²) in [7, 11) is 1.61. The van der Waals surface area contributed by atoms with E-state index >= 15 is 0 Å². The van der Waals surface area contributed by atoms with Gasteiger partial charge in [-0.25, -0.2) is 9.18 Å². The van der Waals surface area contributed by atoms with Crippen molar-refractivity contribution in [3.63, 3.8) is 0 Å². The van der Waals surface area contributed by atoms with Crippen molar-refractivity contribution in [3.8, 4) is 0 Å². The number of benzene rings is 2. The molecule has 0 aliphatic rings. The van der Waals surface area contributed by atoms with E-state index in [0.717, 1.165) is 6.07 Å². The third-order valence-electron chi connectivity index (χ3n) is 3.26. The molecular weight excluding hydrogens is 365 g/mol. The van der Waals surface area contributed by atoms with Gasteiger partial charge in [0.1, 0.15) is 5.82 Å². The Bertz CT molecular complexity index is 721. The number of amides is 1. The molecule has 2 aromatic rings. The van der Waals surface area contributed by atoms with Gasteiger partial charge in [0, 0.05) is 17.2 Å². The molecule has 0 N–H and O–H groups in total. The summed E-state index contributed by atoms with van der Waals surface area (Å²) in [4.78, 5) is 25.8. The van der Waals surface area contributed by atoms with Gasteiger partial charge >= 0.3 is 5.97 Å². The first kappa shape index (κ1) is 17.1. The Morgan fingerprint density at radius 3 is 2.43 bits per heavy atom. The molecule has 2 aromatic carbocycles. The standard InChI is InChI=1S/C17H15BrFNO3/c1-11(16(21)20(2)13-6-4-3-5-7-13)23-17(22)14-9-8-12(19)10-15(14)18/h3-11H,1-2H3/t11-/m0/s1. The van der Waals surface area contributed by atoms with E-state index < -0.39 is 17.9 Å². The van der Waals surface area contributed by atoms with Gasteiger partial charge in [-0.2, -0.15) is 0 Å². The van der Waals surface area contributed by atoms with Crippen LogP contribution in [0.4, 0.5) is 10.1 Å². The van der Waals surface area contributed by atoms with Crippen molar-refractivity contribution in [2.75, 3.05) is 11.9 Å². The van der Waals surface area contributed by atoms with Gasteiger partial charge in [-0.1, -0.05) is 18.2 Å². The number of esters is 1. The van der Waals surface area contributed by atoms with Crippen LogP contribution in [0.25, 0.3) is 0 Å². The summed E-state index contributed by atoms with van der Waals surface area (Å²) in [6.07, 6.45) is -0.968. The van der Waals surface area contributed by atoms with Crippen LogP contribution in [0.2, 0.25) is 0 Å². The highest BCUT2D eigenvalue weighted by Crippen LogP contribution is 2.20. The number of nitrogens with zero attached hydrogens (tertiary/aromatic N) is 1. The first-order valence-corrected chi connectivity index (χ1v) is 7.68. The van der Waals surface area contributed by atoms with Gasteiger partial charge in [0.25, 0.3) is 5.91 Å². The number of carbonyl (C=O) groups is 2. The summed E-state index contributed by atoms with van der Waals surface area (Å²) in [6.45, 7) is 1.50. The Morgan fingerprint density at radius 1 is 1.17 bits per heavy atom. The van der Waals surface area contributed by atoms with Gasteiger partial charge in [0.2, 0.25) is 0 Å². The lowest BCUT2D eigenvalue weighted by Crippen LogP contribution is -2.37. The minimum absolute atomic E-state index is 0.161. The van der Waals surface area contributed by atoms with Crippen molar-refractivity contribution < 1.29 is 18.7 Å². The quantitative estimate of drug-likeness (QED) is 0.759. The first-order chi connectivity index (χ1) is 10.9. The molecule has 120 valence electrons. The minimum Gasteiger partial charge on any atom is -0.449 e. The Kier molecular flexibility index (Phi) is 5.50. The average molecular weight is 380 g/mol. The monoisotopic (exact) mass is 379 g/mol. The van der Waals surface area contributed by atoms with Crippen molar-refractivity contribution in [2.24, 2.45) is 0 Å². The topological polar surface area (TPSA) is 46.6 Å². The minimum atomic E-state index is -0.968. The van der Waals surface area contributed by atoms with Crippen LogP contribution in [0.1, 0.15) is 17.3 Å². The molecule has 0 aliphatic carbocycles. The summed E-state index contributed by atoms with van der Waals surface area (Å²) < 4.78 is 18.5. The predicted molar refractivity (Wildman–Crippen MR) is 88.8 cm³/mol. The van der Waals surface area contributed by atoms with Crippen molar-refractivity contribution in [3.05, 3.63) is 64.4 Å². The number of ether oxygens (including phenoxy) is 1. The number of para-hydroxylation sites is 1. The molecule has 0 aliphatic heterocycles. The lowest BCUT2D eigenvalue weighted by atomic mass is 10.2. The van der Waals surface area contributed by atoms with Gasteiger partial charge in [-0.05, 0) is 53.2 Å². The normalized spacial score (nSPS) is 11.7. The van der Waals surface area contributed by atoms with Crippen LogP contribution in [0, 0.1) is 5.82 Å². The van der Waals surface area contributed by atoms with Crippen LogP contribution in [-0.4, -0.2) is 25.0 Å². The summed E-state index contributed by atoms with van der Waals surface area (Å²) in [5.74, 6) is -1.52. The highest BCUT2D eigenvalue weighted by Gasteiger charge is 2.24. The number of hydrogen-bond acceptors (Lipinski definition) is 3. The Balaban J connectivity index is 2.07. The van der Waals surface area contributed by atoms with Crippen LogP contribution >= 0.6 is 15.9 Å². The van der Waals surface area contributed by atoms with Gasteiger partial charge in [0.05, 0.1) is 5.56 Å². The number of halogens is 2. The average Bonchev–Trinajstić information content (AvgIpc) is 2.54. The van der Waals surface area contributed by atoms with E-state index in [4.69, 9.17) is 4.74 Å². The number of rotatable bonds is 4. The molecule has 1 atom stereocenters. The molecule has 2 rings (SSSR count). The third kappa shape index (κ3) is 4.16. The smallest absolute Gasteiger partial charge is 0.340 e. The first-order valence-electron chi connectivity index (χ1n) is 6.89. The second kappa shape index (κ2) is 7.37. The maximum absolute atomic E-state index is 13.1. The number of carbonyl (C=O) groups excluding carboxylic acids is 2. The van der Waals surface area contributed by atoms with Gasteiger partial charge < -0.3 is 9.64 Å². The summed E-state index contributed by atoms with van der Waals surface area (Å²) in [6, 6.07) is 12.7. The summed E-state index contributed by atoms with van der Waals surface area (Å²) in [5.41, 5.74) is 0.858. The van der Waals surface area contributed by atoms with Gasteiger partial charge in [-0.15, -0.1) is 0 Å². The molecule has 0 unspecified atom stereocenters. The largest absolute Gasteiger partial charge is 0.449 e. The second-order valence-electron chi connectivity index (χ2n) is 4.90. The fraction of sp³-hybridized carbons (Fsp3) is 0.176. The van der Waals surface area contributed by atoms with E-state index in [1.807, 2.05) is 18.2 Å². The van der Waals surface area contributed by atoms with Crippen molar-refractivity contribution in [2.45, 2.75) is 13.0 Å². The Labute approximate surface area is 142 Å². The molecule has 0 saturated carbocycles. The summed E-state index contributed by atoms with van der Waals surface area (Å²) in [5, 5.41) is 0. The molecule has 0 spiro atoms. The number of anilines is 1. The molecule has 0 saturated heterocycles. The molecule has 4 nitrogen and oxygen atoms in total. The predicted octanol–water partition coefficient (Wildman–Crippen LogP) is 3.80. The number of hydrogen-bond donors (Lipinski definition) is 0. The van der Waals surface area contributed by atoms with Crippen LogP contribution in [-0.2, 0) is 9.53 Å². The molecular formula is C17H15BrFNO3. The van der Waals surface area contributed by atoms with Crippen LogP contribution < -0.4 is 4.90 Å². The zero-order valence-electron chi connectivity index (χ0n) is 12.6. The number of likely N-dealkylation sites (N-methyl/N-ethyl adjacent to an activating group) is 1. The van der Waals surface area contributed by atoms with E-state index in [0.29, 0.717) is 5.69 Å². The third-order valence-corrected chi connectivity index (χ3v) is 3.91. The zero-order chi connectivity index (χ0) is 17.0. The van der Waals surface area contributed by atoms with Crippen LogP contribution in [0.3, 0.4) is 0 Å². The van der Waals surface area contributed by atoms with E-state index in [1.54, 1.807) is 19.2 Å². The molecule has 6 heteroatoms. The van der Waals surface area contributed by atoms with Gasteiger partial charge in [-0.3, -0.25) is 4.79 Å². The van der Waals surface area contributed by atoms with Crippen molar-refractivity contribution >= 4 is 33.5 Å². The van der Waals surface area contributed by atoms with Crippen molar-refractivity contribution in [1.82, 2.24) is 0 Å². The van der Waals surface area contributed by atoms with E-state index in [1.165, 1.54) is 24.0 Å². The summed E-state index contributed by atoms with van der Waals surface area (Å²) >= 11 is 3.10. The van der Waals surface area contributed by atoms with Crippen molar-refractivity contribution in [1.29, 1.82) is 0 Å². The zero-order valence-corrected chi connectivity index (χ0v) is 14.2. The van der Waals surface area contributed by atoms with Crippen LogP contribution in [0.5, 0.6) is 0 Å². The van der Waals surface area contributed by atoms with E-state index in [2.05, 4.69) is 15.9 Å². The molecule has 0 fully saturated rings. The molecule has 23 heavy (non-hydrogen) atoms. The Hall–Kier alpha value is -2.21. The highest BCUT2D eigenvalue weighted by molar-refractivity contribution is 9.10. The lowest BCUT2D eigenvalue weighted by molar-refractivity contribution is -0.126. The van der Waals surface area contributed by atoms with E-state index in [9.17, 15) is 14.0 Å². The van der Waals surface area contributed by atoms with Crippen LogP contribution in [0.15, 0.2) is 53.0 Å². The molecule has 1 amide bonds. The van der Waals surface area contributed by atoms with E-state index in [-0.39, 0.29) is 15.9 Å². The maximum atomic E-state index is 13.1. The second-order valence-corrected chi connectivity index (χ2v) is 5.76. The SMILES string of the molecule is C[C@H](OC(=O)c1ccc(F)cc1Br)C(=O)N(C)c1ccccc1. The fourth-order valence-electron chi connectivity index (χ4n) is 1.98. The Morgan fingerprint density at radius 2 is 1.83 bits per heavy atom. The maximum Gasteiger partial charge on any atom is 0.340 e. The molecule has 0 heterocycles. The lowest BCUT2D eigenvalue weighted by Gasteiger charge is -2.21.